The third-order valence-electron chi connectivity index (χ3n) is 3.52. The van der Waals surface area contributed by atoms with Gasteiger partial charge in [0, 0.05) is 32.7 Å². The van der Waals surface area contributed by atoms with Gasteiger partial charge in [0.2, 0.25) is 0 Å². The summed E-state index contributed by atoms with van der Waals surface area (Å²) in [7, 11) is 0. The van der Waals surface area contributed by atoms with Gasteiger partial charge in [-0.1, -0.05) is 5.69 Å². The number of nitrogens with one attached hydrogen (secondary N) is 1. The molecule has 1 unspecified atom stereocenters. The van der Waals surface area contributed by atoms with E-state index in [2.05, 4.69) is 22.1 Å². The monoisotopic (exact) mass is 406 g/mol. The molecule has 24 heavy (non-hydrogen) atoms. The number of hydrogen-bond acceptors (Lipinski definition) is 6. The van der Waals surface area contributed by atoms with Crippen LogP contribution in [0.3, 0.4) is 0 Å². The number of benzene rings is 1. The fraction of sp³-hybridized carbons (Fsp3) is 0.333. The molecular formula is C15H15N3O5Y-2. The predicted octanol–water partition coefficient (Wildman–Crippen LogP) is -1.38. The van der Waals surface area contributed by atoms with Crippen LogP contribution in [0.1, 0.15) is 6.23 Å². The molecule has 0 spiro atoms. The normalized spacial score (nSPS) is 27.0. The molecule has 1 aliphatic heterocycles. The molecule has 0 bridgehead atoms. The first kappa shape index (κ1) is 19.2. The minimum absolute atomic E-state index is 0. The zero-order valence-corrected chi connectivity index (χ0v) is 15.4. The number of para-hydroxylation sites is 1. The SMILES string of the molecule is O=c1[nH]c(=Nc2[c-]cccc2)[c-]cn1[C@@H]1O[C@H](CO)[C@H](O)C1O.[Y]. The van der Waals surface area contributed by atoms with Gasteiger partial charge in [-0.05, 0) is 5.49 Å². The second-order valence-corrected chi connectivity index (χ2v) is 5.05. The van der Waals surface area contributed by atoms with Crippen LogP contribution >= 0.6 is 0 Å². The molecule has 1 saturated heterocycles. The quantitative estimate of drug-likeness (QED) is 0.469. The Labute approximate surface area is 162 Å². The molecule has 2 aromatic rings. The summed E-state index contributed by atoms with van der Waals surface area (Å²) in [6.07, 6.45) is -3.40. The van der Waals surface area contributed by atoms with E-state index >= 15 is 0 Å². The largest absolute Gasteiger partial charge is 0.410 e. The molecule has 1 aromatic carbocycles. The number of hydrogen-bond donors (Lipinski definition) is 4. The van der Waals surface area contributed by atoms with E-state index in [1.54, 1.807) is 24.3 Å². The second kappa shape index (κ2) is 8.29. The van der Waals surface area contributed by atoms with Crippen LogP contribution in [-0.4, -0.2) is 49.8 Å². The number of aromatic amines is 1. The van der Waals surface area contributed by atoms with Crippen molar-refractivity contribution in [1.82, 2.24) is 9.55 Å². The molecule has 1 radical (unpaired) electrons. The standard InChI is InChI=1S/C15H15N3O5.Y/c19-8-10-12(20)13(21)14(23-10)18-7-6-11(17-15(18)22)16-9-4-2-1-3-5-9;/h1-4,7,10,12-14,19-21H,8H2,(H,16,17,22);/q-2;/t10-,12+,13?,14-;/m1./s1. The minimum Gasteiger partial charge on any atom is -0.410 e. The first-order chi connectivity index (χ1) is 11.1. The van der Waals surface area contributed by atoms with E-state index in [0.29, 0.717) is 5.69 Å². The summed E-state index contributed by atoms with van der Waals surface area (Å²) in [5.41, 5.74) is 0.138. The molecule has 2 heterocycles. The zero-order chi connectivity index (χ0) is 16.4. The van der Waals surface area contributed by atoms with Crippen molar-refractivity contribution in [3.05, 3.63) is 58.6 Å². The maximum atomic E-state index is 12.1. The number of rotatable bonds is 3. The third-order valence-corrected chi connectivity index (χ3v) is 3.52. The third kappa shape index (κ3) is 3.91. The summed E-state index contributed by atoms with van der Waals surface area (Å²) in [6.45, 7) is -0.464. The van der Waals surface area contributed by atoms with Crippen molar-refractivity contribution in [3.8, 4) is 0 Å². The molecule has 0 aliphatic carbocycles. The molecule has 1 fully saturated rings. The number of H-pyrrole nitrogens is 1. The van der Waals surface area contributed by atoms with Gasteiger partial charge in [-0.25, -0.2) is 4.79 Å². The number of nitrogens with zero attached hydrogens (tertiary/aromatic N) is 2. The van der Waals surface area contributed by atoms with E-state index in [1.165, 1.54) is 6.20 Å². The van der Waals surface area contributed by atoms with Crippen molar-refractivity contribution in [2.24, 2.45) is 4.99 Å². The van der Waals surface area contributed by atoms with Gasteiger partial charge in [0.1, 0.15) is 18.3 Å². The maximum Gasteiger partial charge on any atom is 0.324 e. The maximum absolute atomic E-state index is 12.1. The average Bonchev–Trinajstić information content (AvgIpc) is 2.84. The molecule has 1 aromatic heterocycles. The van der Waals surface area contributed by atoms with E-state index in [9.17, 15) is 15.0 Å². The Bertz CT molecular complexity index is 791. The Balaban J connectivity index is 0.00000208. The van der Waals surface area contributed by atoms with Crippen molar-refractivity contribution >= 4 is 5.69 Å². The number of aromatic nitrogens is 2. The Hall–Kier alpha value is -1.16. The summed E-state index contributed by atoms with van der Waals surface area (Å²) in [5.74, 6) is 0. The van der Waals surface area contributed by atoms with Crippen LogP contribution in [0.4, 0.5) is 5.69 Å². The molecule has 4 atom stereocenters. The molecule has 4 N–H and O–H groups in total. The van der Waals surface area contributed by atoms with E-state index in [1.807, 2.05) is 0 Å². The predicted molar refractivity (Wildman–Crippen MR) is 77.4 cm³/mol. The van der Waals surface area contributed by atoms with Gasteiger partial charge in [0.15, 0.2) is 6.23 Å². The summed E-state index contributed by atoms with van der Waals surface area (Å²) >= 11 is 0. The van der Waals surface area contributed by atoms with Crippen LogP contribution in [0.2, 0.25) is 0 Å². The van der Waals surface area contributed by atoms with E-state index in [0.717, 1.165) is 4.57 Å². The fourth-order valence-corrected chi connectivity index (χ4v) is 2.32. The summed E-state index contributed by atoms with van der Waals surface area (Å²) in [5, 5.41) is 28.8. The Morgan fingerprint density at radius 1 is 1.29 bits per heavy atom. The summed E-state index contributed by atoms with van der Waals surface area (Å²) < 4.78 is 6.35. The summed E-state index contributed by atoms with van der Waals surface area (Å²) in [4.78, 5) is 18.8. The van der Waals surface area contributed by atoms with E-state index in [4.69, 9.17) is 9.84 Å². The van der Waals surface area contributed by atoms with E-state index in [-0.39, 0.29) is 38.2 Å². The van der Waals surface area contributed by atoms with Gasteiger partial charge in [0.05, 0.1) is 6.61 Å². The van der Waals surface area contributed by atoms with Crippen molar-refractivity contribution in [2.45, 2.75) is 24.5 Å². The smallest absolute Gasteiger partial charge is 0.324 e. The van der Waals surface area contributed by atoms with Crippen LogP contribution in [0.5, 0.6) is 0 Å². The molecule has 125 valence electrons. The van der Waals surface area contributed by atoms with Gasteiger partial charge < -0.3 is 35.7 Å². The van der Waals surface area contributed by atoms with Crippen molar-refractivity contribution in [2.75, 3.05) is 6.61 Å². The first-order valence-corrected chi connectivity index (χ1v) is 6.97. The van der Waals surface area contributed by atoms with Crippen LogP contribution in [0.25, 0.3) is 0 Å². The van der Waals surface area contributed by atoms with Gasteiger partial charge in [0.25, 0.3) is 0 Å². The van der Waals surface area contributed by atoms with Crippen LogP contribution in [0, 0.1) is 12.1 Å². The van der Waals surface area contributed by atoms with Gasteiger partial charge in [-0.2, -0.15) is 30.5 Å². The molecular weight excluding hydrogens is 391 g/mol. The topological polar surface area (TPSA) is 120 Å². The second-order valence-electron chi connectivity index (χ2n) is 5.05. The van der Waals surface area contributed by atoms with Crippen LogP contribution in [-0.2, 0) is 37.4 Å². The van der Waals surface area contributed by atoms with Gasteiger partial charge in [-0.15, -0.1) is 6.07 Å². The van der Waals surface area contributed by atoms with Crippen molar-refractivity contribution in [1.29, 1.82) is 0 Å². The van der Waals surface area contributed by atoms with Crippen molar-refractivity contribution in [3.63, 3.8) is 0 Å². The van der Waals surface area contributed by atoms with Crippen LogP contribution < -0.4 is 11.2 Å². The zero-order valence-electron chi connectivity index (χ0n) is 12.5. The minimum atomic E-state index is -1.34. The average molecular weight is 406 g/mol. The van der Waals surface area contributed by atoms with Gasteiger partial charge >= 0.3 is 5.69 Å². The molecule has 0 saturated carbocycles. The van der Waals surface area contributed by atoms with Gasteiger partial charge in [-0.3, -0.25) is 4.99 Å². The Morgan fingerprint density at radius 3 is 2.67 bits per heavy atom. The molecule has 8 nitrogen and oxygen atoms in total. The Kier molecular flexibility index (Phi) is 6.62. The molecule has 1 aliphatic rings. The van der Waals surface area contributed by atoms with E-state index < -0.39 is 36.8 Å². The number of aliphatic hydroxyl groups is 3. The molecule has 9 heteroatoms. The molecule has 0 amide bonds. The number of aliphatic hydroxyl groups excluding tert-OH is 3. The van der Waals surface area contributed by atoms with Crippen molar-refractivity contribution < 1.29 is 52.8 Å². The Morgan fingerprint density at radius 2 is 2.08 bits per heavy atom. The van der Waals surface area contributed by atoms with Crippen LogP contribution in [0.15, 0.2) is 40.2 Å². The molecule has 3 rings (SSSR count). The fourth-order valence-electron chi connectivity index (χ4n) is 2.32. The first-order valence-electron chi connectivity index (χ1n) is 6.97. The number of ether oxygens (including phenoxy) is 1. The summed E-state index contributed by atoms with van der Waals surface area (Å²) in [6, 6.07) is 12.6.